The molecule has 3 unspecified atom stereocenters. The van der Waals surface area contributed by atoms with Gasteiger partial charge in [0.05, 0.1) is 12.5 Å². The molecule has 0 saturated carbocycles. The van der Waals surface area contributed by atoms with Crippen molar-refractivity contribution in [1.29, 1.82) is 0 Å². The lowest BCUT2D eigenvalue weighted by atomic mass is 9.72. The second-order valence-corrected chi connectivity index (χ2v) is 10.1. The Kier molecular flexibility index (Phi) is 6.26. The van der Waals surface area contributed by atoms with Gasteiger partial charge in [-0.1, -0.05) is 36.4 Å². The number of carbonyl (C=O) groups excluding carboxylic acids is 4. The number of hydrogen-bond donors (Lipinski definition) is 2. The standard InChI is InChI=1S/C27H31N5O4/c1-30(2)16-23(33)32-15-21(27(17-32)20-10-6-7-11-22(20)29-26(27)36)25(35)31-13-12-19(14-31)28-24(34)18-8-4-3-5-9-18/h3-11,19,21H,12-17H2,1-2H3,(H,28,34)(H,29,36). The smallest absolute Gasteiger partial charge is 0.251 e. The lowest BCUT2D eigenvalue weighted by Crippen LogP contribution is -2.50. The highest BCUT2D eigenvalue weighted by atomic mass is 16.2. The summed E-state index contributed by atoms with van der Waals surface area (Å²) in [6.07, 6.45) is 0.635. The van der Waals surface area contributed by atoms with Crippen LogP contribution in [0.15, 0.2) is 54.6 Å². The molecular formula is C27H31N5O4. The molecule has 0 radical (unpaired) electrons. The highest BCUT2D eigenvalue weighted by Gasteiger charge is 2.61. The summed E-state index contributed by atoms with van der Waals surface area (Å²) in [5, 5.41) is 5.97. The summed E-state index contributed by atoms with van der Waals surface area (Å²) in [6.45, 7) is 1.42. The summed E-state index contributed by atoms with van der Waals surface area (Å²) in [5.41, 5.74) is 0.908. The molecule has 0 aliphatic carbocycles. The first kappa shape index (κ1) is 24.0. The van der Waals surface area contributed by atoms with Crippen LogP contribution in [0.5, 0.6) is 0 Å². The summed E-state index contributed by atoms with van der Waals surface area (Å²) in [4.78, 5) is 58.2. The van der Waals surface area contributed by atoms with E-state index in [9.17, 15) is 19.2 Å². The number of hydrogen-bond acceptors (Lipinski definition) is 5. The van der Waals surface area contributed by atoms with Crippen LogP contribution in [0.2, 0.25) is 0 Å². The fourth-order valence-corrected chi connectivity index (χ4v) is 5.70. The first-order valence-corrected chi connectivity index (χ1v) is 12.3. The number of amides is 4. The summed E-state index contributed by atoms with van der Waals surface area (Å²) in [6, 6.07) is 16.2. The average molecular weight is 490 g/mol. The number of anilines is 1. The molecule has 0 bridgehead atoms. The second kappa shape index (κ2) is 9.39. The van der Waals surface area contributed by atoms with Gasteiger partial charge in [-0.05, 0) is 44.3 Å². The molecule has 2 saturated heterocycles. The van der Waals surface area contributed by atoms with E-state index in [1.54, 1.807) is 26.8 Å². The van der Waals surface area contributed by atoms with E-state index in [1.165, 1.54) is 0 Å². The number of nitrogens with zero attached hydrogens (tertiary/aromatic N) is 3. The molecule has 9 heteroatoms. The Labute approximate surface area is 210 Å². The van der Waals surface area contributed by atoms with Crippen molar-refractivity contribution in [3.8, 4) is 0 Å². The van der Waals surface area contributed by atoms with E-state index in [1.807, 2.05) is 56.6 Å². The number of nitrogens with one attached hydrogen (secondary N) is 2. The fourth-order valence-electron chi connectivity index (χ4n) is 5.70. The minimum Gasteiger partial charge on any atom is -0.347 e. The molecule has 4 amide bonds. The van der Waals surface area contributed by atoms with Gasteiger partial charge in [0.25, 0.3) is 5.91 Å². The molecule has 188 valence electrons. The minimum atomic E-state index is -1.12. The Hall–Kier alpha value is -3.72. The zero-order chi connectivity index (χ0) is 25.4. The summed E-state index contributed by atoms with van der Waals surface area (Å²) < 4.78 is 0. The summed E-state index contributed by atoms with van der Waals surface area (Å²) in [5.74, 6) is -1.37. The van der Waals surface area contributed by atoms with Gasteiger partial charge >= 0.3 is 0 Å². The molecule has 2 aromatic carbocycles. The number of likely N-dealkylation sites (tertiary alicyclic amines) is 2. The second-order valence-electron chi connectivity index (χ2n) is 10.1. The van der Waals surface area contributed by atoms with Crippen LogP contribution < -0.4 is 10.6 Å². The third-order valence-corrected chi connectivity index (χ3v) is 7.47. The maximum atomic E-state index is 13.9. The van der Waals surface area contributed by atoms with Crippen LogP contribution in [-0.4, -0.2) is 91.2 Å². The first-order valence-electron chi connectivity index (χ1n) is 12.3. The first-order chi connectivity index (χ1) is 17.3. The lowest BCUT2D eigenvalue weighted by Gasteiger charge is -2.30. The number of para-hydroxylation sites is 1. The molecule has 5 rings (SSSR count). The van der Waals surface area contributed by atoms with E-state index in [-0.39, 0.29) is 49.3 Å². The quantitative estimate of drug-likeness (QED) is 0.651. The maximum Gasteiger partial charge on any atom is 0.251 e. The van der Waals surface area contributed by atoms with Crippen molar-refractivity contribution in [1.82, 2.24) is 20.0 Å². The van der Waals surface area contributed by atoms with Crippen molar-refractivity contribution in [2.45, 2.75) is 17.9 Å². The van der Waals surface area contributed by atoms with Crippen molar-refractivity contribution in [2.24, 2.45) is 5.92 Å². The summed E-state index contributed by atoms with van der Waals surface area (Å²) in [7, 11) is 3.64. The molecule has 9 nitrogen and oxygen atoms in total. The Morgan fingerprint density at radius 3 is 2.50 bits per heavy atom. The zero-order valence-corrected chi connectivity index (χ0v) is 20.6. The van der Waals surface area contributed by atoms with Gasteiger partial charge in [-0.2, -0.15) is 0 Å². The van der Waals surface area contributed by atoms with Gasteiger partial charge in [0.2, 0.25) is 17.7 Å². The van der Waals surface area contributed by atoms with Gasteiger partial charge in [0, 0.05) is 43.5 Å². The average Bonchev–Trinajstić information content (AvgIpc) is 3.56. The Morgan fingerprint density at radius 2 is 1.75 bits per heavy atom. The molecule has 2 aromatic rings. The fraction of sp³-hybridized carbons (Fsp3) is 0.407. The van der Waals surface area contributed by atoms with Gasteiger partial charge in [-0.25, -0.2) is 0 Å². The van der Waals surface area contributed by atoms with Crippen LogP contribution in [-0.2, 0) is 19.8 Å². The SMILES string of the molecule is CN(C)CC(=O)N1CC(C(=O)N2CCC(NC(=O)c3ccccc3)C2)C2(C1)C(=O)Nc1ccccc12. The largest absolute Gasteiger partial charge is 0.347 e. The highest BCUT2D eigenvalue weighted by molar-refractivity contribution is 6.10. The Balaban J connectivity index is 1.37. The van der Waals surface area contributed by atoms with Crippen LogP contribution in [0, 0.1) is 5.92 Å². The number of carbonyl (C=O) groups is 4. The van der Waals surface area contributed by atoms with E-state index in [0.29, 0.717) is 30.8 Å². The Morgan fingerprint density at radius 1 is 1.03 bits per heavy atom. The number of likely N-dealkylation sites (N-methyl/N-ethyl adjacent to an activating group) is 1. The van der Waals surface area contributed by atoms with Crippen LogP contribution in [0.25, 0.3) is 0 Å². The number of rotatable bonds is 5. The van der Waals surface area contributed by atoms with E-state index < -0.39 is 11.3 Å². The van der Waals surface area contributed by atoms with Crippen LogP contribution in [0.4, 0.5) is 5.69 Å². The van der Waals surface area contributed by atoms with E-state index in [4.69, 9.17) is 0 Å². The van der Waals surface area contributed by atoms with Crippen molar-refractivity contribution in [2.75, 3.05) is 52.1 Å². The predicted octanol–water partition coefficient (Wildman–Crippen LogP) is 0.927. The molecule has 2 N–H and O–H groups in total. The molecule has 3 aliphatic heterocycles. The monoisotopic (exact) mass is 489 g/mol. The van der Waals surface area contributed by atoms with E-state index in [2.05, 4.69) is 10.6 Å². The normalized spacial score (nSPS) is 24.8. The lowest BCUT2D eigenvalue weighted by molar-refractivity contribution is -0.139. The van der Waals surface area contributed by atoms with Gasteiger partial charge in [0.1, 0.15) is 5.41 Å². The topological polar surface area (TPSA) is 102 Å². The molecular weight excluding hydrogens is 458 g/mol. The molecule has 2 fully saturated rings. The van der Waals surface area contributed by atoms with Crippen LogP contribution in [0.3, 0.4) is 0 Å². The summed E-state index contributed by atoms with van der Waals surface area (Å²) >= 11 is 0. The van der Waals surface area contributed by atoms with Gasteiger partial charge < -0.3 is 25.3 Å². The van der Waals surface area contributed by atoms with Gasteiger partial charge in [-0.15, -0.1) is 0 Å². The molecule has 36 heavy (non-hydrogen) atoms. The molecule has 3 atom stereocenters. The predicted molar refractivity (Wildman–Crippen MR) is 134 cm³/mol. The van der Waals surface area contributed by atoms with Gasteiger partial charge in [-0.3, -0.25) is 19.2 Å². The number of fused-ring (bicyclic) bond motifs is 2. The van der Waals surface area contributed by atoms with Crippen molar-refractivity contribution in [3.05, 3.63) is 65.7 Å². The van der Waals surface area contributed by atoms with Crippen molar-refractivity contribution in [3.63, 3.8) is 0 Å². The number of benzene rings is 2. The molecule has 1 spiro atoms. The minimum absolute atomic E-state index is 0.110. The van der Waals surface area contributed by atoms with Crippen molar-refractivity contribution >= 4 is 29.3 Å². The Bertz CT molecular complexity index is 1200. The third-order valence-electron chi connectivity index (χ3n) is 7.47. The molecule has 3 heterocycles. The maximum absolute atomic E-state index is 13.9. The van der Waals surface area contributed by atoms with E-state index in [0.717, 1.165) is 5.56 Å². The third kappa shape index (κ3) is 4.13. The highest BCUT2D eigenvalue weighted by Crippen LogP contribution is 2.48. The zero-order valence-electron chi connectivity index (χ0n) is 20.6. The molecule has 3 aliphatic rings. The van der Waals surface area contributed by atoms with E-state index >= 15 is 0 Å². The van der Waals surface area contributed by atoms with Crippen LogP contribution >= 0.6 is 0 Å². The van der Waals surface area contributed by atoms with Gasteiger partial charge in [0.15, 0.2) is 0 Å². The molecule has 0 aromatic heterocycles. The van der Waals surface area contributed by atoms with Crippen LogP contribution in [0.1, 0.15) is 22.3 Å². The van der Waals surface area contributed by atoms with Crippen molar-refractivity contribution < 1.29 is 19.2 Å².